The average molecular weight is 367 g/mol. The Hall–Kier alpha value is -2.99. The van der Waals surface area contributed by atoms with Crippen molar-refractivity contribution in [3.8, 4) is 11.3 Å². The molecule has 0 spiro atoms. The van der Waals surface area contributed by atoms with Crippen LogP contribution in [0.3, 0.4) is 0 Å². The number of hydrogen-bond acceptors (Lipinski definition) is 4. The minimum Gasteiger partial charge on any atom is -0.359 e. The van der Waals surface area contributed by atoms with Gasteiger partial charge in [-0.1, -0.05) is 41.6 Å². The maximum absolute atomic E-state index is 13.4. The van der Waals surface area contributed by atoms with Gasteiger partial charge in [0.15, 0.2) is 5.76 Å². The van der Waals surface area contributed by atoms with Gasteiger partial charge in [0.2, 0.25) is 5.91 Å². The number of nitrogens with zero attached hydrogens (tertiary/aromatic N) is 2. The molecule has 0 saturated carbocycles. The summed E-state index contributed by atoms with van der Waals surface area (Å²) < 4.78 is 18.6. The van der Waals surface area contributed by atoms with E-state index in [1.807, 2.05) is 50.2 Å². The summed E-state index contributed by atoms with van der Waals surface area (Å²) >= 11 is 0. The van der Waals surface area contributed by atoms with E-state index in [4.69, 9.17) is 4.52 Å². The van der Waals surface area contributed by atoms with Crippen molar-refractivity contribution in [3.05, 3.63) is 77.3 Å². The molecular weight excluding hydrogens is 345 g/mol. The van der Waals surface area contributed by atoms with Gasteiger partial charge in [0.05, 0.1) is 6.54 Å². The molecule has 0 saturated heterocycles. The number of carbonyl (C=O) groups is 1. The second-order valence-corrected chi connectivity index (χ2v) is 6.63. The van der Waals surface area contributed by atoms with Gasteiger partial charge in [0, 0.05) is 11.6 Å². The van der Waals surface area contributed by atoms with E-state index in [0.717, 1.165) is 11.1 Å². The third-order valence-corrected chi connectivity index (χ3v) is 4.36. The summed E-state index contributed by atoms with van der Waals surface area (Å²) in [6.45, 7) is 2.19. The van der Waals surface area contributed by atoms with Gasteiger partial charge in [0.1, 0.15) is 17.6 Å². The van der Waals surface area contributed by atoms with Crippen molar-refractivity contribution in [2.45, 2.75) is 19.5 Å². The van der Waals surface area contributed by atoms with Crippen molar-refractivity contribution >= 4 is 5.91 Å². The monoisotopic (exact) mass is 367 g/mol. The van der Waals surface area contributed by atoms with Gasteiger partial charge in [-0.15, -0.1) is 0 Å². The Balaban J connectivity index is 1.70. The topological polar surface area (TPSA) is 58.4 Å². The van der Waals surface area contributed by atoms with Crippen molar-refractivity contribution in [1.29, 1.82) is 0 Å². The molecule has 3 rings (SSSR count). The standard InChI is InChI=1S/C21H22FN3O2/c1-14-7-4-5-10-18(14)20(25(2)3)21(26)23-13-17-12-19(24-27-17)15-8-6-9-16(22)11-15/h4-12,20H,13H2,1-3H3,(H,23,26)/t20-/m0/s1. The van der Waals surface area contributed by atoms with Crippen LogP contribution in [0, 0.1) is 12.7 Å². The summed E-state index contributed by atoms with van der Waals surface area (Å²) in [4.78, 5) is 14.6. The Bertz CT molecular complexity index is 936. The first-order chi connectivity index (χ1) is 13.0. The highest BCUT2D eigenvalue weighted by atomic mass is 19.1. The van der Waals surface area contributed by atoms with E-state index in [1.54, 1.807) is 18.2 Å². The predicted octanol–water partition coefficient (Wildman–Crippen LogP) is 3.71. The normalized spacial score (nSPS) is 12.2. The molecule has 0 aliphatic carbocycles. The van der Waals surface area contributed by atoms with Gasteiger partial charge in [-0.3, -0.25) is 9.69 Å². The van der Waals surface area contributed by atoms with Crippen LogP contribution in [0.25, 0.3) is 11.3 Å². The van der Waals surface area contributed by atoms with Crippen molar-refractivity contribution < 1.29 is 13.7 Å². The summed E-state index contributed by atoms with van der Waals surface area (Å²) in [7, 11) is 3.74. The molecule has 1 aromatic heterocycles. The number of amides is 1. The van der Waals surface area contributed by atoms with Gasteiger partial charge in [-0.05, 0) is 44.3 Å². The number of aromatic nitrogens is 1. The average Bonchev–Trinajstić information content (AvgIpc) is 3.11. The fraction of sp³-hybridized carbons (Fsp3) is 0.238. The maximum atomic E-state index is 13.4. The van der Waals surface area contributed by atoms with Crippen LogP contribution in [0.1, 0.15) is 22.9 Å². The lowest BCUT2D eigenvalue weighted by molar-refractivity contribution is -0.126. The third-order valence-electron chi connectivity index (χ3n) is 4.36. The molecule has 5 nitrogen and oxygen atoms in total. The number of likely N-dealkylation sites (N-methyl/N-ethyl adjacent to an activating group) is 1. The molecular formula is C21H22FN3O2. The van der Waals surface area contributed by atoms with Crippen LogP contribution in [0.2, 0.25) is 0 Å². The summed E-state index contributed by atoms with van der Waals surface area (Å²) in [5.74, 6) is 0.0420. The highest BCUT2D eigenvalue weighted by Crippen LogP contribution is 2.23. The van der Waals surface area contributed by atoms with E-state index in [2.05, 4.69) is 10.5 Å². The highest BCUT2D eigenvalue weighted by molar-refractivity contribution is 5.83. The van der Waals surface area contributed by atoms with Crippen molar-refractivity contribution in [1.82, 2.24) is 15.4 Å². The number of benzene rings is 2. The van der Waals surface area contributed by atoms with E-state index >= 15 is 0 Å². The Morgan fingerprint density at radius 2 is 1.96 bits per heavy atom. The minimum atomic E-state index is -0.406. The molecule has 0 unspecified atom stereocenters. The molecule has 1 N–H and O–H groups in total. The molecule has 3 aromatic rings. The van der Waals surface area contributed by atoms with Gasteiger partial charge >= 0.3 is 0 Å². The highest BCUT2D eigenvalue weighted by Gasteiger charge is 2.24. The molecule has 0 radical (unpaired) electrons. The number of halogens is 1. The molecule has 140 valence electrons. The number of aryl methyl sites for hydroxylation is 1. The largest absolute Gasteiger partial charge is 0.359 e. The zero-order chi connectivity index (χ0) is 19.4. The van der Waals surface area contributed by atoms with Gasteiger partial charge in [-0.2, -0.15) is 0 Å². The minimum absolute atomic E-state index is 0.127. The SMILES string of the molecule is Cc1ccccc1[C@@H](C(=O)NCc1cc(-c2cccc(F)c2)no1)N(C)C. The number of rotatable bonds is 6. The van der Waals surface area contributed by atoms with E-state index < -0.39 is 6.04 Å². The smallest absolute Gasteiger partial charge is 0.242 e. The van der Waals surface area contributed by atoms with Crippen LogP contribution in [0.4, 0.5) is 4.39 Å². The summed E-state index contributed by atoms with van der Waals surface area (Å²) in [6.07, 6.45) is 0. The van der Waals surface area contributed by atoms with Crippen LogP contribution < -0.4 is 5.32 Å². The number of nitrogens with one attached hydrogen (secondary N) is 1. The molecule has 0 bridgehead atoms. The predicted molar refractivity (Wildman–Crippen MR) is 101 cm³/mol. The van der Waals surface area contributed by atoms with Crippen molar-refractivity contribution in [2.75, 3.05) is 14.1 Å². The van der Waals surface area contributed by atoms with Crippen LogP contribution in [-0.4, -0.2) is 30.1 Å². The summed E-state index contributed by atoms with van der Waals surface area (Å²) in [5.41, 5.74) is 3.17. The molecule has 2 aromatic carbocycles. The van der Waals surface area contributed by atoms with Crippen molar-refractivity contribution in [3.63, 3.8) is 0 Å². The molecule has 1 atom stereocenters. The maximum Gasteiger partial charge on any atom is 0.242 e. The lowest BCUT2D eigenvalue weighted by Crippen LogP contribution is -2.37. The van der Waals surface area contributed by atoms with Crippen LogP contribution in [0.5, 0.6) is 0 Å². The van der Waals surface area contributed by atoms with Crippen LogP contribution >= 0.6 is 0 Å². The number of hydrogen-bond donors (Lipinski definition) is 1. The fourth-order valence-electron chi connectivity index (χ4n) is 3.00. The van der Waals surface area contributed by atoms with Crippen molar-refractivity contribution in [2.24, 2.45) is 0 Å². The molecule has 0 aliphatic heterocycles. The second kappa shape index (κ2) is 8.14. The fourth-order valence-corrected chi connectivity index (χ4v) is 3.00. The van der Waals surface area contributed by atoms with Crippen LogP contribution in [-0.2, 0) is 11.3 Å². The second-order valence-electron chi connectivity index (χ2n) is 6.63. The van der Waals surface area contributed by atoms with Crippen LogP contribution in [0.15, 0.2) is 59.1 Å². The Morgan fingerprint density at radius 1 is 1.19 bits per heavy atom. The lowest BCUT2D eigenvalue weighted by Gasteiger charge is -2.25. The van der Waals surface area contributed by atoms with E-state index in [-0.39, 0.29) is 18.3 Å². The molecule has 6 heteroatoms. The van der Waals surface area contributed by atoms with Gasteiger partial charge in [-0.25, -0.2) is 4.39 Å². The zero-order valence-electron chi connectivity index (χ0n) is 15.6. The van der Waals surface area contributed by atoms with E-state index in [0.29, 0.717) is 17.0 Å². The molecule has 1 heterocycles. The Kier molecular flexibility index (Phi) is 5.66. The summed E-state index contributed by atoms with van der Waals surface area (Å²) in [6, 6.07) is 15.2. The summed E-state index contributed by atoms with van der Waals surface area (Å²) in [5, 5.41) is 6.85. The first kappa shape index (κ1) is 18.8. The first-order valence-corrected chi connectivity index (χ1v) is 8.67. The van der Waals surface area contributed by atoms with E-state index in [1.165, 1.54) is 12.1 Å². The number of carbonyl (C=O) groups excluding carboxylic acids is 1. The zero-order valence-corrected chi connectivity index (χ0v) is 15.6. The molecule has 27 heavy (non-hydrogen) atoms. The quantitative estimate of drug-likeness (QED) is 0.722. The lowest BCUT2D eigenvalue weighted by atomic mass is 10.00. The van der Waals surface area contributed by atoms with Gasteiger partial charge in [0.25, 0.3) is 0 Å². The Labute approximate surface area is 157 Å². The Morgan fingerprint density at radius 3 is 2.67 bits per heavy atom. The van der Waals surface area contributed by atoms with E-state index in [9.17, 15) is 9.18 Å². The third kappa shape index (κ3) is 4.41. The first-order valence-electron chi connectivity index (χ1n) is 8.67. The molecule has 0 fully saturated rings. The molecule has 1 amide bonds. The molecule has 0 aliphatic rings. The van der Waals surface area contributed by atoms with Gasteiger partial charge < -0.3 is 9.84 Å².